The number of halogens is 2. The van der Waals surface area contributed by atoms with E-state index in [0.29, 0.717) is 27.6 Å². The molecule has 0 saturated carbocycles. The van der Waals surface area contributed by atoms with Crippen LogP contribution in [0.4, 0.5) is 0 Å². The van der Waals surface area contributed by atoms with Crippen LogP contribution in [-0.2, 0) is 4.79 Å². The maximum absolute atomic E-state index is 12.4. The molecule has 3 aromatic carbocycles. The molecule has 0 atom stereocenters. The highest BCUT2D eigenvalue weighted by atomic mass is 35.5. The van der Waals surface area contributed by atoms with E-state index < -0.39 is 17.8 Å². The smallest absolute Gasteiger partial charge is 0.343 e. The zero-order valence-corrected chi connectivity index (χ0v) is 20.7. The number of esters is 1. The van der Waals surface area contributed by atoms with Crippen LogP contribution >= 0.6 is 23.2 Å². The normalized spacial score (nSPS) is 10.6. The standard InChI is InChI=1S/C25H21Cl2N3O6/c1-34-18-7-4-16(5-8-18)25(33)36-21-10-3-15(11-22(21)35-2)13-29-30-23(31)14-28-24(32)17-6-9-19(26)20(27)12-17/h3-13H,14H2,1-2H3,(H,28,32)(H,30,31)/b29-13-. The van der Waals surface area contributed by atoms with Crippen molar-refractivity contribution in [3.05, 3.63) is 87.4 Å². The molecule has 0 heterocycles. The first kappa shape index (κ1) is 26.5. The fraction of sp³-hybridized carbons (Fsp3) is 0.120. The van der Waals surface area contributed by atoms with E-state index in [9.17, 15) is 14.4 Å². The van der Waals surface area contributed by atoms with Gasteiger partial charge in [0.15, 0.2) is 11.5 Å². The summed E-state index contributed by atoms with van der Waals surface area (Å²) in [6.45, 7) is -0.306. The van der Waals surface area contributed by atoms with Gasteiger partial charge in [-0.1, -0.05) is 23.2 Å². The van der Waals surface area contributed by atoms with Crippen LogP contribution in [0.3, 0.4) is 0 Å². The Morgan fingerprint density at radius 2 is 1.58 bits per heavy atom. The molecule has 2 N–H and O–H groups in total. The molecule has 9 nitrogen and oxygen atoms in total. The predicted molar refractivity (Wildman–Crippen MR) is 135 cm³/mol. The summed E-state index contributed by atoms with van der Waals surface area (Å²) in [4.78, 5) is 36.5. The molecule has 0 bridgehead atoms. The number of benzene rings is 3. The van der Waals surface area contributed by atoms with E-state index in [0.717, 1.165) is 0 Å². The van der Waals surface area contributed by atoms with E-state index in [1.54, 1.807) is 42.5 Å². The van der Waals surface area contributed by atoms with Gasteiger partial charge in [-0.15, -0.1) is 0 Å². The average molecular weight is 530 g/mol. The molecule has 11 heteroatoms. The number of rotatable bonds is 9. The molecule has 0 saturated heterocycles. The lowest BCUT2D eigenvalue weighted by Gasteiger charge is -2.10. The topological polar surface area (TPSA) is 115 Å². The average Bonchev–Trinajstić information content (AvgIpc) is 2.89. The van der Waals surface area contributed by atoms with Gasteiger partial charge in [0.05, 0.1) is 42.6 Å². The van der Waals surface area contributed by atoms with Gasteiger partial charge in [0, 0.05) is 5.56 Å². The van der Waals surface area contributed by atoms with E-state index in [1.165, 1.54) is 38.6 Å². The molecule has 0 fully saturated rings. The third-order valence-electron chi connectivity index (χ3n) is 4.71. The van der Waals surface area contributed by atoms with Gasteiger partial charge in [0.1, 0.15) is 5.75 Å². The van der Waals surface area contributed by atoms with Crippen molar-refractivity contribution in [2.75, 3.05) is 20.8 Å². The number of ether oxygens (including phenoxy) is 3. The highest BCUT2D eigenvalue weighted by Gasteiger charge is 2.13. The van der Waals surface area contributed by atoms with Crippen molar-refractivity contribution in [2.24, 2.45) is 5.10 Å². The van der Waals surface area contributed by atoms with E-state index in [2.05, 4.69) is 15.8 Å². The number of nitrogens with zero attached hydrogens (tertiary/aromatic N) is 1. The second kappa shape index (κ2) is 12.6. The summed E-state index contributed by atoms with van der Waals surface area (Å²) in [5.41, 5.74) is 3.48. The van der Waals surface area contributed by atoms with Crippen molar-refractivity contribution in [1.82, 2.24) is 10.7 Å². The van der Waals surface area contributed by atoms with Crippen molar-refractivity contribution in [3.8, 4) is 17.2 Å². The Labute approximate surface area is 216 Å². The zero-order valence-electron chi connectivity index (χ0n) is 19.2. The van der Waals surface area contributed by atoms with Crippen molar-refractivity contribution < 1.29 is 28.6 Å². The molecule has 36 heavy (non-hydrogen) atoms. The molecule has 2 amide bonds. The summed E-state index contributed by atoms with van der Waals surface area (Å²) < 4.78 is 15.8. The van der Waals surface area contributed by atoms with Crippen molar-refractivity contribution in [1.29, 1.82) is 0 Å². The van der Waals surface area contributed by atoms with Crippen LogP contribution in [0.25, 0.3) is 0 Å². The van der Waals surface area contributed by atoms with Gasteiger partial charge < -0.3 is 19.5 Å². The van der Waals surface area contributed by atoms with Gasteiger partial charge in [-0.3, -0.25) is 9.59 Å². The minimum atomic E-state index is -0.562. The summed E-state index contributed by atoms with van der Waals surface area (Å²) in [7, 11) is 2.96. The molecule has 3 rings (SSSR count). The Balaban J connectivity index is 1.54. The third-order valence-corrected chi connectivity index (χ3v) is 5.45. The van der Waals surface area contributed by atoms with Gasteiger partial charge in [-0.2, -0.15) is 5.10 Å². The Kier molecular flexibility index (Phi) is 9.26. The molecule has 0 aliphatic heterocycles. The van der Waals surface area contributed by atoms with Crippen LogP contribution in [0.2, 0.25) is 10.0 Å². The zero-order chi connectivity index (χ0) is 26.1. The van der Waals surface area contributed by atoms with E-state index in [1.807, 2.05) is 0 Å². The molecule has 0 radical (unpaired) electrons. The Morgan fingerprint density at radius 3 is 2.25 bits per heavy atom. The minimum absolute atomic E-state index is 0.213. The molecular formula is C25H21Cl2N3O6. The van der Waals surface area contributed by atoms with E-state index in [4.69, 9.17) is 37.4 Å². The minimum Gasteiger partial charge on any atom is -0.497 e. The van der Waals surface area contributed by atoms with Crippen molar-refractivity contribution >= 4 is 47.2 Å². The van der Waals surface area contributed by atoms with Gasteiger partial charge >= 0.3 is 5.97 Å². The Bertz CT molecular complexity index is 1300. The Morgan fingerprint density at radius 1 is 0.861 bits per heavy atom. The quantitative estimate of drug-likeness (QED) is 0.186. The van der Waals surface area contributed by atoms with Crippen LogP contribution in [-0.4, -0.2) is 44.8 Å². The largest absolute Gasteiger partial charge is 0.497 e. The van der Waals surface area contributed by atoms with Crippen molar-refractivity contribution in [2.45, 2.75) is 0 Å². The molecular weight excluding hydrogens is 509 g/mol. The summed E-state index contributed by atoms with van der Waals surface area (Å²) in [6, 6.07) is 15.6. The molecule has 3 aromatic rings. The number of nitrogens with one attached hydrogen (secondary N) is 2. The molecule has 0 aliphatic carbocycles. The first-order chi connectivity index (χ1) is 17.3. The summed E-state index contributed by atoms with van der Waals surface area (Å²) >= 11 is 11.7. The maximum atomic E-state index is 12.4. The molecule has 0 aliphatic rings. The van der Waals surface area contributed by atoms with Gasteiger partial charge in [0.2, 0.25) is 0 Å². The van der Waals surface area contributed by atoms with Gasteiger partial charge in [-0.05, 0) is 66.2 Å². The van der Waals surface area contributed by atoms with Crippen LogP contribution in [0, 0.1) is 0 Å². The second-order valence-corrected chi connectivity index (χ2v) is 7.95. The molecule has 0 unspecified atom stereocenters. The number of amides is 2. The van der Waals surface area contributed by atoms with Crippen molar-refractivity contribution in [3.63, 3.8) is 0 Å². The maximum Gasteiger partial charge on any atom is 0.343 e. The number of carbonyl (C=O) groups excluding carboxylic acids is 3. The lowest BCUT2D eigenvalue weighted by atomic mass is 10.2. The lowest BCUT2D eigenvalue weighted by molar-refractivity contribution is -0.120. The van der Waals surface area contributed by atoms with E-state index in [-0.39, 0.29) is 22.9 Å². The van der Waals surface area contributed by atoms with E-state index >= 15 is 0 Å². The number of hydrogen-bond donors (Lipinski definition) is 2. The summed E-state index contributed by atoms with van der Waals surface area (Å²) in [5, 5.41) is 6.87. The number of methoxy groups -OCH3 is 2. The Hall–Kier alpha value is -4.08. The first-order valence-corrected chi connectivity index (χ1v) is 11.2. The fourth-order valence-electron chi connectivity index (χ4n) is 2.85. The highest BCUT2D eigenvalue weighted by molar-refractivity contribution is 6.42. The SMILES string of the molecule is COc1ccc(C(=O)Oc2ccc(/C=N\NC(=O)CNC(=O)c3ccc(Cl)c(Cl)c3)cc2OC)cc1. The summed E-state index contributed by atoms with van der Waals surface area (Å²) in [5.74, 6) is -0.472. The molecule has 186 valence electrons. The lowest BCUT2D eigenvalue weighted by Crippen LogP contribution is -2.34. The van der Waals surface area contributed by atoms with Crippen LogP contribution < -0.4 is 25.0 Å². The predicted octanol–water partition coefficient (Wildman–Crippen LogP) is 4.11. The monoisotopic (exact) mass is 529 g/mol. The number of hydrazone groups is 1. The third kappa shape index (κ3) is 7.21. The molecule has 0 spiro atoms. The number of hydrogen-bond acceptors (Lipinski definition) is 7. The summed E-state index contributed by atoms with van der Waals surface area (Å²) in [6.07, 6.45) is 1.37. The van der Waals surface area contributed by atoms with Crippen LogP contribution in [0.5, 0.6) is 17.2 Å². The second-order valence-electron chi connectivity index (χ2n) is 7.13. The fourth-order valence-corrected chi connectivity index (χ4v) is 3.15. The van der Waals surface area contributed by atoms with Gasteiger partial charge in [0.25, 0.3) is 11.8 Å². The number of carbonyl (C=O) groups is 3. The van der Waals surface area contributed by atoms with Gasteiger partial charge in [-0.25, -0.2) is 10.2 Å². The first-order valence-electron chi connectivity index (χ1n) is 10.4. The molecule has 0 aromatic heterocycles. The van der Waals surface area contributed by atoms with Crippen LogP contribution in [0.15, 0.2) is 65.8 Å². The van der Waals surface area contributed by atoms with Crippen LogP contribution in [0.1, 0.15) is 26.3 Å². The highest BCUT2D eigenvalue weighted by Crippen LogP contribution is 2.28.